The van der Waals surface area contributed by atoms with Crippen molar-refractivity contribution >= 4 is 23.2 Å². The fourth-order valence-corrected chi connectivity index (χ4v) is 4.51. The standard InChI is InChI=1S/C28H26F5N5O4/c1-4-22(28(31,32)33)35-15-11-19(29)23(20(30)12-15)25(39)36-21(27(41)42)13-16-6-8-17(24-34-9-10-38(16)24)18-7-5-14(2)37(3)26(18)40/h5-12,21-22,35H,4,13H2,1-3H3,(H,36,39)(H,41,42)/t21-,22+/m0/s1. The fraction of sp³-hybridized carbons (Fsp3) is 0.286. The number of carbonyl (C=O) groups is 2. The van der Waals surface area contributed by atoms with Crippen LogP contribution in [0, 0.1) is 18.6 Å². The number of amides is 1. The lowest BCUT2D eigenvalue weighted by molar-refractivity contribution is -0.143. The topological polar surface area (TPSA) is 118 Å². The molecule has 0 radical (unpaired) electrons. The first-order chi connectivity index (χ1) is 19.7. The SMILES string of the molecule is CC[C@@H](Nc1cc(F)c(C(=O)N[C@@H](Cc2ccc(-c3ccc(C)n(C)c3=O)c3nccn23)C(=O)O)c(F)c1)C(F)(F)F. The first-order valence-electron chi connectivity index (χ1n) is 12.7. The van der Waals surface area contributed by atoms with Gasteiger partial charge in [-0.25, -0.2) is 18.6 Å². The number of rotatable bonds is 9. The number of pyridine rings is 2. The van der Waals surface area contributed by atoms with E-state index in [2.05, 4.69) is 10.3 Å². The molecule has 0 saturated heterocycles. The Hall–Kier alpha value is -4.75. The van der Waals surface area contributed by atoms with Crippen LogP contribution in [-0.2, 0) is 18.3 Å². The van der Waals surface area contributed by atoms with E-state index in [4.69, 9.17) is 0 Å². The maximum absolute atomic E-state index is 14.7. The Morgan fingerprint density at radius 3 is 2.31 bits per heavy atom. The van der Waals surface area contributed by atoms with E-state index in [1.165, 1.54) is 34.4 Å². The Bertz CT molecular complexity index is 1710. The van der Waals surface area contributed by atoms with Crippen molar-refractivity contribution in [3.63, 3.8) is 0 Å². The normalized spacial score (nSPS) is 13.1. The smallest absolute Gasteiger partial charge is 0.408 e. The minimum Gasteiger partial charge on any atom is -0.480 e. The summed E-state index contributed by atoms with van der Waals surface area (Å²) in [6.07, 6.45) is -2.46. The number of carbonyl (C=O) groups excluding carboxylic acids is 1. The van der Waals surface area contributed by atoms with E-state index in [0.717, 1.165) is 5.69 Å². The molecule has 4 rings (SSSR count). The number of aromatic nitrogens is 3. The number of hydrogen-bond acceptors (Lipinski definition) is 5. The quantitative estimate of drug-likeness (QED) is 0.248. The molecule has 14 heteroatoms. The molecule has 3 aromatic heterocycles. The third-order valence-corrected chi connectivity index (χ3v) is 6.91. The van der Waals surface area contributed by atoms with Gasteiger partial charge in [-0.05, 0) is 49.7 Å². The fourth-order valence-electron chi connectivity index (χ4n) is 4.51. The van der Waals surface area contributed by atoms with Gasteiger partial charge in [0.2, 0.25) is 0 Å². The largest absolute Gasteiger partial charge is 0.480 e. The van der Waals surface area contributed by atoms with Crippen LogP contribution in [0.15, 0.2) is 53.6 Å². The number of imidazole rings is 1. The third kappa shape index (κ3) is 5.97. The lowest BCUT2D eigenvalue weighted by Gasteiger charge is -2.22. The van der Waals surface area contributed by atoms with Gasteiger partial charge in [0.15, 0.2) is 0 Å². The average molecular weight is 592 g/mol. The van der Waals surface area contributed by atoms with Crippen molar-refractivity contribution in [1.29, 1.82) is 0 Å². The highest BCUT2D eigenvalue weighted by Crippen LogP contribution is 2.28. The van der Waals surface area contributed by atoms with Crippen LogP contribution in [0.1, 0.15) is 35.1 Å². The molecule has 1 aromatic carbocycles. The highest BCUT2D eigenvalue weighted by Gasteiger charge is 2.38. The number of aryl methyl sites for hydroxylation is 1. The van der Waals surface area contributed by atoms with Crippen LogP contribution in [-0.4, -0.2) is 49.2 Å². The molecule has 0 aliphatic rings. The highest BCUT2D eigenvalue weighted by atomic mass is 19.4. The molecule has 0 spiro atoms. The van der Waals surface area contributed by atoms with Gasteiger partial charge in [0, 0.05) is 48.5 Å². The summed E-state index contributed by atoms with van der Waals surface area (Å²) in [6, 6.07) is 3.87. The Kier molecular flexibility index (Phi) is 8.36. The number of aliphatic carboxylic acids is 1. The zero-order valence-corrected chi connectivity index (χ0v) is 22.6. The van der Waals surface area contributed by atoms with Crippen LogP contribution < -0.4 is 16.2 Å². The number of fused-ring (bicyclic) bond motifs is 1. The van der Waals surface area contributed by atoms with Crippen LogP contribution in [0.2, 0.25) is 0 Å². The molecular weight excluding hydrogens is 565 g/mol. The van der Waals surface area contributed by atoms with Crippen molar-refractivity contribution in [3.8, 4) is 11.1 Å². The van der Waals surface area contributed by atoms with Gasteiger partial charge >= 0.3 is 12.1 Å². The number of nitrogens with zero attached hydrogens (tertiary/aromatic N) is 3. The second-order valence-electron chi connectivity index (χ2n) is 9.64. The lowest BCUT2D eigenvalue weighted by atomic mass is 10.0. The predicted molar refractivity (Wildman–Crippen MR) is 143 cm³/mol. The third-order valence-electron chi connectivity index (χ3n) is 6.91. The average Bonchev–Trinajstić information content (AvgIpc) is 3.40. The summed E-state index contributed by atoms with van der Waals surface area (Å²) in [6.45, 7) is 3.01. The second kappa shape index (κ2) is 11.6. The van der Waals surface area contributed by atoms with Crippen LogP contribution in [0.3, 0.4) is 0 Å². The van der Waals surface area contributed by atoms with Gasteiger partial charge in [0.25, 0.3) is 11.5 Å². The van der Waals surface area contributed by atoms with E-state index in [0.29, 0.717) is 34.6 Å². The zero-order valence-electron chi connectivity index (χ0n) is 22.6. The summed E-state index contributed by atoms with van der Waals surface area (Å²) < 4.78 is 71.6. The van der Waals surface area contributed by atoms with E-state index in [1.54, 1.807) is 32.2 Å². The first kappa shape index (κ1) is 30.2. The maximum Gasteiger partial charge on any atom is 0.408 e. The van der Waals surface area contributed by atoms with Crippen molar-refractivity contribution in [2.24, 2.45) is 7.05 Å². The lowest BCUT2D eigenvalue weighted by Crippen LogP contribution is -2.43. The molecule has 3 heterocycles. The monoisotopic (exact) mass is 591 g/mol. The van der Waals surface area contributed by atoms with Gasteiger partial charge in [0.1, 0.15) is 34.9 Å². The molecule has 3 N–H and O–H groups in total. The van der Waals surface area contributed by atoms with Crippen LogP contribution >= 0.6 is 0 Å². The molecule has 42 heavy (non-hydrogen) atoms. The number of halogens is 5. The van der Waals surface area contributed by atoms with Gasteiger partial charge in [-0.15, -0.1) is 0 Å². The highest BCUT2D eigenvalue weighted by molar-refractivity contribution is 5.97. The van der Waals surface area contributed by atoms with Crippen molar-refractivity contribution in [2.75, 3.05) is 5.32 Å². The molecule has 1 amide bonds. The van der Waals surface area contributed by atoms with Crippen LogP contribution in [0.4, 0.5) is 27.6 Å². The van der Waals surface area contributed by atoms with Gasteiger partial charge in [-0.3, -0.25) is 9.59 Å². The first-order valence-corrected chi connectivity index (χ1v) is 12.7. The number of benzene rings is 1. The van der Waals surface area contributed by atoms with Gasteiger partial charge < -0.3 is 24.7 Å². The van der Waals surface area contributed by atoms with Gasteiger partial charge in [-0.2, -0.15) is 13.2 Å². The van der Waals surface area contributed by atoms with Crippen LogP contribution in [0.5, 0.6) is 0 Å². The Morgan fingerprint density at radius 2 is 1.71 bits per heavy atom. The molecule has 2 atom stereocenters. The van der Waals surface area contributed by atoms with E-state index in [1.807, 2.05) is 5.32 Å². The van der Waals surface area contributed by atoms with Crippen molar-refractivity contribution < 1.29 is 36.6 Å². The number of hydrogen-bond donors (Lipinski definition) is 3. The van der Waals surface area contributed by atoms with Crippen LogP contribution in [0.25, 0.3) is 16.8 Å². The number of alkyl halides is 3. The molecule has 0 fully saturated rings. The van der Waals surface area contributed by atoms with E-state index >= 15 is 0 Å². The van der Waals surface area contributed by atoms with Crippen molar-refractivity contribution in [2.45, 2.75) is 44.9 Å². The summed E-state index contributed by atoms with van der Waals surface area (Å²) in [4.78, 5) is 41.9. The molecule has 0 aliphatic carbocycles. The maximum atomic E-state index is 14.7. The summed E-state index contributed by atoms with van der Waals surface area (Å²) in [5, 5.41) is 13.8. The number of carboxylic acid groups (broad SMARTS) is 1. The van der Waals surface area contributed by atoms with Gasteiger partial charge in [-0.1, -0.05) is 6.92 Å². The minimum atomic E-state index is -4.68. The molecule has 0 aliphatic heterocycles. The summed E-state index contributed by atoms with van der Waals surface area (Å²) in [5.74, 6) is -5.87. The Morgan fingerprint density at radius 1 is 1.07 bits per heavy atom. The Labute approximate surface area is 235 Å². The molecule has 222 valence electrons. The minimum absolute atomic E-state index is 0.266. The predicted octanol–water partition coefficient (Wildman–Crippen LogP) is 4.47. The van der Waals surface area contributed by atoms with E-state index in [-0.39, 0.29) is 12.0 Å². The summed E-state index contributed by atoms with van der Waals surface area (Å²) >= 11 is 0. The summed E-state index contributed by atoms with van der Waals surface area (Å²) in [7, 11) is 1.62. The number of carboxylic acids is 1. The molecule has 9 nitrogen and oxygen atoms in total. The van der Waals surface area contributed by atoms with Crippen molar-refractivity contribution in [3.05, 3.63) is 87.7 Å². The van der Waals surface area contributed by atoms with Crippen molar-refractivity contribution in [1.82, 2.24) is 19.3 Å². The molecular formula is C28H26F5N5O4. The molecule has 4 aromatic rings. The molecule has 0 bridgehead atoms. The number of anilines is 1. The molecule has 0 unspecified atom stereocenters. The second-order valence-corrected chi connectivity index (χ2v) is 9.64. The van der Waals surface area contributed by atoms with Gasteiger partial charge in [0.05, 0.1) is 5.56 Å². The summed E-state index contributed by atoms with van der Waals surface area (Å²) in [5.41, 5.74) is 0.320. The van der Waals surface area contributed by atoms with E-state index in [9.17, 15) is 41.4 Å². The zero-order chi connectivity index (χ0) is 30.9. The Balaban J connectivity index is 1.60. The number of nitrogens with one attached hydrogen (secondary N) is 2. The van der Waals surface area contributed by atoms with E-state index < -0.39 is 59.4 Å². The molecule has 0 saturated carbocycles.